The molecule has 3 aromatic rings. The van der Waals surface area contributed by atoms with Gasteiger partial charge < -0.3 is 5.32 Å². The van der Waals surface area contributed by atoms with E-state index in [1.807, 2.05) is 23.2 Å². The van der Waals surface area contributed by atoms with Crippen molar-refractivity contribution in [2.75, 3.05) is 18.4 Å². The Balaban J connectivity index is 1.46. The van der Waals surface area contributed by atoms with Crippen molar-refractivity contribution in [1.29, 1.82) is 0 Å². The molecule has 174 valence electrons. The van der Waals surface area contributed by atoms with E-state index in [2.05, 4.69) is 15.2 Å². The van der Waals surface area contributed by atoms with Crippen LogP contribution < -0.4 is 9.98 Å². The van der Waals surface area contributed by atoms with Crippen molar-refractivity contribution in [1.82, 2.24) is 29.3 Å². The molecule has 2 aromatic heterocycles. The third kappa shape index (κ3) is 3.99. The SMILES string of the molecule is Fc1ccc(-c2nn3c(c2-c2ccnc(NC4CCCC4)n2)CC=[N+]=C3N2CCCCC2)cc1. The lowest BCUT2D eigenvalue weighted by molar-refractivity contribution is 0.329. The number of fused-ring (bicyclic) bond motifs is 1. The molecule has 1 N–H and O–H groups in total. The summed E-state index contributed by atoms with van der Waals surface area (Å²) >= 11 is 0. The van der Waals surface area contributed by atoms with Crippen molar-refractivity contribution in [3.05, 3.63) is 48.0 Å². The second-order valence-corrected chi connectivity index (χ2v) is 9.34. The van der Waals surface area contributed by atoms with Gasteiger partial charge in [-0.1, -0.05) is 17.5 Å². The van der Waals surface area contributed by atoms with Crippen LogP contribution in [0.2, 0.25) is 0 Å². The maximum atomic E-state index is 13.7. The highest BCUT2D eigenvalue weighted by molar-refractivity contribution is 5.93. The van der Waals surface area contributed by atoms with Gasteiger partial charge in [-0.3, -0.25) is 0 Å². The largest absolute Gasteiger partial charge is 0.472 e. The van der Waals surface area contributed by atoms with Crippen LogP contribution in [-0.2, 0) is 6.42 Å². The van der Waals surface area contributed by atoms with Gasteiger partial charge in [-0.15, -0.1) is 5.10 Å². The number of halogens is 1. The standard InChI is InChI=1S/C26H29FN7/c27-19-10-8-18(9-11-19)24-23(21-12-14-28-25(31-21)30-20-6-2-3-7-20)22-13-15-29-26(34(22)32-24)33-16-4-1-5-17-33/h8-12,14-15,20H,1-7,13,16-17H2,(H,28,30,31)/q+1. The molecule has 0 unspecified atom stereocenters. The molecule has 8 heteroatoms. The van der Waals surface area contributed by atoms with Crippen LogP contribution >= 0.6 is 0 Å². The number of likely N-dealkylation sites (tertiary alicyclic amines) is 1. The lowest BCUT2D eigenvalue weighted by atomic mass is 10.0. The van der Waals surface area contributed by atoms with E-state index in [1.54, 1.807) is 12.1 Å². The van der Waals surface area contributed by atoms with Crippen LogP contribution in [0.15, 0.2) is 36.5 Å². The number of piperidine rings is 1. The molecule has 6 rings (SSSR count). The van der Waals surface area contributed by atoms with Gasteiger partial charge >= 0.3 is 5.96 Å². The van der Waals surface area contributed by atoms with Gasteiger partial charge in [0.05, 0.1) is 30.8 Å². The molecule has 0 atom stereocenters. The fourth-order valence-electron chi connectivity index (χ4n) is 5.28. The van der Waals surface area contributed by atoms with Gasteiger partial charge in [0.1, 0.15) is 23.4 Å². The first-order chi connectivity index (χ1) is 16.8. The molecule has 4 heterocycles. The second-order valence-electron chi connectivity index (χ2n) is 9.34. The molecular weight excluding hydrogens is 429 g/mol. The number of anilines is 1. The molecular formula is C26H29FN7+. The number of benzene rings is 1. The molecule has 0 spiro atoms. The number of hydrogen-bond acceptors (Lipinski definition) is 5. The Morgan fingerprint density at radius 1 is 0.971 bits per heavy atom. The molecule has 1 saturated heterocycles. The average molecular weight is 459 g/mol. The minimum absolute atomic E-state index is 0.261. The van der Waals surface area contributed by atoms with E-state index in [0.717, 1.165) is 72.9 Å². The van der Waals surface area contributed by atoms with Crippen molar-refractivity contribution in [3.63, 3.8) is 0 Å². The average Bonchev–Trinajstić information content (AvgIpc) is 3.53. The first-order valence-electron chi connectivity index (χ1n) is 12.4. The summed E-state index contributed by atoms with van der Waals surface area (Å²) in [5, 5.41) is 8.55. The predicted molar refractivity (Wildman–Crippen MR) is 132 cm³/mol. The molecule has 1 aliphatic carbocycles. The van der Waals surface area contributed by atoms with E-state index in [0.29, 0.717) is 18.4 Å². The Hall–Kier alpha value is -3.51. The number of rotatable bonds is 4. The Morgan fingerprint density at radius 2 is 1.76 bits per heavy atom. The van der Waals surface area contributed by atoms with Crippen LogP contribution in [0.1, 0.15) is 50.6 Å². The third-order valence-corrected chi connectivity index (χ3v) is 7.02. The van der Waals surface area contributed by atoms with E-state index in [4.69, 9.17) is 14.8 Å². The zero-order chi connectivity index (χ0) is 22.9. The molecule has 34 heavy (non-hydrogen) atoms. The van der Waals surface area contributed by atoms with Gasteiger partial charge in [0.25, 0.3) is 0 Å². The minimum Gasteiger partial charge on any atom is -0.351 e. The Morgan fingerprint density at radius 3 is 2.56 bits per heavy atom. The smallest absolute Gasteiger partial charge is 0.351 e. The summed E-state index contributed by atoms with van der Waals surface area (Å²) < 4.78 is 20.4. The van der Waals surface area contributed by atoms with Crippen molar-refractivity contribution in [2.24, 2.45) is 0 Å². The van der Waals surface area contributed by atoms with E-state index in [1.165, 1.54) is 31.4 Å². The van der Waals surface area contributed by atoms with E-state index >= 15 is 0 Å². The molecule has 2 fully saturated rings. The zero-order valence-electron chi connectivity index (χ0n) is 19.3. The van der Waals surface area contributed by atoms with Crippen molar-refractivity contribution in [2.45, 2.75) is 57.4 Å². The van der Waals surface area contributed by atoms with Gasteiger partial charge in [0.15, 0.2) is 0 Å². The number of nitrogens with zero attached hydrogens (tertiary/aromatic N) is 6. The third-order valence-electron chi connectivity index (χ3n) is 7.02. The van der Waals surface area contributed by atoms with E-state index in [-0.39, 0.29) is 5.82 Å². The van der Waals surface area contributed by atoms with E-state index in [9.17, 15) is 4.39 Å². The van der Waals surface area contributed by atoms with Crippen molar-refractivity contribution >= 4 is 18.1 Å². The van der Waals surface area contributed by atoms with E-state index < -0.39 is 0 Å². The highest BCUT2D eigenvalue weighted by Gasteiger charge is 2.35. The Bertz CT molecular complexity index is 1240. The van der Waals surface area contributed by atoms with Crippen LogP contribution in [0.25, 0.3) is 22.5 Å². The molecule has 0 amide bonds. The Labute approximate surface area is 198 Å². The predicted octanol–water partition coefficient (Wildman–Crippen LogP) is 3.88. The van der Waals surface area contributed by atoms with Crippen LogP contribution in [0.4, 0.5) is 10.3 Å². The molecule has 0 bridgehead atoms. The summed E-state index contributed by atoms with van der Waals surface area (Å²) in [5.41, 5.74) is 4.50. The molecule has 0 radical (unpaired) electrons. The summed E-state index contributed by atoms with van der Waals surface area (Å²) in [6.07, 6.45) is 12.8. The van der Waals surface area contributed by atoms with Gasteiger partial charge in [-0.25, -0.2) is 23.9 Å². The maximum Gasteiger partial charge on any atom is 0.472 e. The fourth-order valence-corrected chi connectivity index (χ4v) is 5.28. The first kappa shape index (κ1) is 21.1. The van der Waals surface area contributed by atoms with Crippen LogP contribution in [0, 0.1) is 5.82 Å². The molecule has 1 aromatic carbocycles. The van der Waals surface area contributed by atoms with Crippen LogP contribution in [-0.4, -0.2) is 56.0 Å². The van der Waals surface area contributed by atoms with Crippen molar-refractivity contribution < 1.29 is 4.39 Å². The second kappa shape index (κ2) is 9.03. The van der Waals surface area contributed by atoms with Crippen LogP contribution in [0.3, 0.4) is 0 Å². The molecule has 3 aliphatic rings. The monoisotopic (exact) mass is 458 g/mol. The first-order valence-corrected chi connectivity index (χ1v) is 12.4. The summed E-state index contributed by atoms with van der Waals surface area (Å²) in [6, 6.07) is 8.91. The maximum absolute atomic E-state index is 13.7. The zero-order valence-corrected chi connectivity index (χ0v) is 19.3. The molecule has 7 nitrogen and oxygen atoms in total. The lowest BCUT2D eigenvalue weighted by Crippen LogP contribution is -2.43. The lowest BCUT2D eigenvalue weighted by Gasteiger charge is -2.22. The van der Waals surface area contributed by atoms with Gasteiger partial charge in [-0.05, 0) is 62.4 Å². The highest BCUT2D eigenvalue weighted by atomic mass is 19.1. The van der Waals surface area contributed by atoms with Crippen LogP contribution in [0.5, 0.6) is 0 Å². The summed E-state index contributed by atoms with van der Waals surface area (Å²) in [4.78, 5) is 11.7. The topological polar surface area (TPSA) is 73.0 Å². The summed E-state index contributed by atoms with van der Waals surface area (Å²) in [6.45, 7) is 1.96. The number of nitrogens with one attached hydrogen (secondary N) is 1. The normalized spacial score (nSPS) is 18.1. The molecule has 2 aliphatic heterocycles. The quantitative estimate of drug-likeness (QED) is 0.601. The van der Waals surface area contributed by atoms with Gasteiger partial charge in [0.2, 0.25) is 5.95 Å². The highest BCUT2D eigenvalue weighted by Crippen LogP contribution is 2.35. The number of aromatic nitrogens is 4. The van der Waals surface area contributed by atoms with Gasteiger partial charge in [-0.2, -0.15) is 0 Å². The number of hydrogen-bond donors (Lipinski definition) is 1. The summed E-state index contributed by atoms with van der Waals surface area (Å²) in [7, 11) is 0. The van der Waals surface area contributed by atoms with Gasteiger partial charge in [0, 0.05) is 17.8 Å². The Kier molecular flexibility index (Phi) is 5.59. The molecule has 1 saturated carbocycles. The minimum atomic E-state index is -0.261. The fraction of sp³-hybridized carbons (Fsp3) is 0.423. The summed E-state index contributed by atoms with van der Waals surface area (Å²) in [5.74, 6) is 1.26. The van der Waals surface area contributed by atoms with Crippen molar-refractivity contribution in [3.8, 4) is 22.5 Å².